The van der Waals surface area contributed by atoms with E-state index in [1.807, 2.05) is 12.2 Å². The molecular weight excluding hydrogens is 326 g/mol. The van der Waals surface area contributed by atoms with Gasteiger partial charge in [0.05, 0.1) is 0 Å². The van der Waals surface area contributed by atoms with Crippen molar-refractivity contribution in [3.05, 3.63) is 71.8 Å². The molecule has 4 rings (SSSR count). The van der Waals surface area contributed by atoms with Crippen LogP contribution in [0.5, 0.6) is 0 Å². The zero-order valence-corrected chi connectivity index (χ0v) is 13.1. The molecule has 2 aliphatic rings. The van der Waals surface area contributed by atoms with Gasteiger partial charge in [-0.2, -0.15) is 0 Å². The average Bonchev–Trinajstić information content (AvgIpc) is 3.22. The van der Waals surface area contributed by atoms with Crippen LogP contribution in [0.3, 0.4) is 0 Å². The fourth-order valence-electron chi connectivity index (χ4n) is 3.99. The van der Waals surface area contributed by atoms with Crippen molar-refractivity contribution in [2.75, 3.05) is 0 Å². The van der Waals surface area contributed by atoms with E-state index in [-0.39, 0.29) is 23.2 Å². The smallest absolute Gasteiger partial charge is 0.188 e. The number of hydrogen-bond donors (Lipinski definition) is 0. The van der Waals surface area contributed by atoms with E-state index in [9.17, 15) is 18.4 Å². The molecule has 1 saturated carbocycles. The summed E-state index contributed by atoms with van der Waals surface area (Å²) < 4.78 is 28.0. The predicted molar refractivity (Wildman–Crippen MR) is 84.8 cm³/mol. The molecule has 1 fully saturated rings. The number of rotatable bonds is 4. The largest absolute Gasteiger partial charge is 0.292 e. The Labute approximate surface area is 142 Å². The molecule has 126 valence electrons. The molecule has 0 aliphatic heterocycles. The number of aromatic nitrogens is 2. The van der Waals surface area contributed by atoms with E-state index < -0.39 is 35.0 Å². The molecule has 4 unspecified atom stereocenters. The Hall–Kier alpha value is -2.76. The molecular formula is C19H14F2N2O2. The molecule has 2 aliphatic carbocycles. The van der Waals surface area contributed by atoms with Crippen molar-refractivity contribution in [3.63, 3.8) is 0 Å². The number of nitrogens with zero attached hydrogens (tertiary/aromatic N) is 2. The summed E-state index contributed by atoms with van der Waals surface area (Å²) in [5.41, 5.74) is -0.541. The van der Waals surface area contributed by atoms with Gasteiger partial charge in [-0.1, -0.05) is 12.2 Å². The number of carbonyl (C=O) groups is 2. The van der Waals surface area contributed by atoms with Crippen LogP contribution in [-0.2, 0) is 0 Å². The lowest BCUT2D eigenvalue weighted by atomic mass is 9.76. The van der Waals surface area contributed by atoms with Crippen molar-refractivity contribution in [1.29, 1.82) is 0 Å². The van der Waals surface area contributed by atoms with Gasteiger partial charge in [0.25, 0.3) is 0 Å². The summed E-state index contributed by atoms with van der Waals surface area (Å²) in [6.45, 7) is 0. The first-order valence-corrected chi connectivity index (χ1v) is 8.05. The second-order valence-corrected chi connectivity index (χ2v) is 6.40. The van der Waals surface area contributed by atoms with E-state index in [0.29, 0.717) is 6.42 Å². The minimum absolute atomic E-state index is 0.167. The van der Waals surface area contributed by atoms with Gasteiger partial charge in [-0.15, -0.1) is 0 Å². The summed E-state index contributed by atoms with van der Waals surface area (Å²) in [5.74, 6) is -4.26. The molecule has 0 aromatic carbocycles. The summed E-state index contributed by atoms with van der Waals surface area (Å²) in [6, 6.07) is 5.13. The predicted octanol–water partition coefficient (Wildman–Crippen LogP) is 3.26. The zero-order valence-electron chi connectivity index (χ0n) is 13.1. The highest BCUT2D eigenvalue weighted by Crippen LogP contribution is 2.50. The monoisotopic (exact) mass is 340 g/mol. The number of hydrogen-bond acceptors (Lipinski definition) is 4. The van der Waals surface area contributed by atoms with Crippen molar-refractivity contribution in [2.24, 2.45) is 23.7 Å². The number of pyridine rings is 2. The van der Waals surface area contributed by atoms with E-state index in [4.69, 9.17) is 0 Å². The Bertz CT molecular complexity index is 825. The molecule has 0 spiro atoms. The van der Waals surface area contributed by atoms with Crippen molar-refractivity contribution < 1.29 is 18.4 Å². The maximum atomic E-state index is 14.0. The van der Waals surface area contributed by atoms with Gasteiger partial charge in [-0.05, 0) is 42.5 Å². The first kappa shape index (κ1) is 15.7. The molecule has 4 nitrogen and oxygen atoms in total. The van der Waals surface area contributed by atoms with Gasteiger partial charge in [-0.25, -0.2) is 8.78 Å². The van der Waals surface area contributed by atoms with E-state index in [1.54, 1.807) is 0 Å². The molecule has 0 radical (unpaired) electrons. The number of allylic oxidation sites excluding steroid dienone is 2. The average molecular weight is 340 g/mol. The van der Waals surface area contributed by atoms with Crippen molar-refractivity contribution in [2.45, 2.75) is 6.42 Å². The molecule has 2 aromatic heterocycles. The molecule has 0 saturated heterocycles. The second-order valence-electron chi connectivity index (χ2n) is 6.40. The Morgan fingerprint density at radius 1 is 0.840 bits per heavy atom. The highest BCUT2D eigenvalue weighted by atomic mass is 19.1. The molecule has 6 heteroatoms. The lowest BCUT2D eigenvalue weighted by molar-refractivity contribution is 0.0741. The molecule has 2 bridgehead atoms. The maximum absolute atomic E-state index is 14.0. The second kappa shape index (κ2) is 5.95. The highest BCUT2D eigenvalue weighted by Gasteiger charge is 2.52. The zero-order chi connectivity index (χ0) is 17.6. The molecule has 25 heavy (non-hydrogen) atoms. The normalized spacial score (nSPS) is 26.8. The number of ketones is 2. The first-order valence-electron chi connectivity index (χ1n) is 8.05. The van der Waals surface area contributed by atoms with Gasteiger partial charge >= 0.3 is 0 Å². The minimum atomic E-state index is -0.742. The van der Waals surface area contributed by atoms with Crippen LogP contribution >= 0.6 is 0 Å². The SMILES string of the molecule is O=C(c1ncccc1F)C1C2C=CC(C2)C1C(=O)c1ncccc1F. The van der Waals surface area contributed by atoms with Crippen LogP contribution in [0.4, 0.5) is 8.78 Å². The molecule has 0 N–H and O–H groups in total. The molecule has 2 heterocycles. The number of carbonyl (C=O) groups excluding carboxylic acids is 2. The van der Waals surface area contributed by atoms with Crippen LogP contribution in [-0.4, -0.2) is 21.5 Å². The van der Waals surface area contributed by atoms with Crippen LogP contribution in [0.2, 0.25) is 0 Å². The topological polar surface area (TPSA) is 59.9 Å². The van der Waals surface area contributed by atoms with Gasteiger partial charge in [0.2, 0.25) is 0 Å². The minimum Gasteiger partial charge on any atom is -0.292 e. The third kappa shape index (κ3) is 2.49. The van der Waals surface area contributed by atoms with Gasteiger partial charge in [0.1, 0.15) is 11.4 Å². The molecule has 0 amide bonds. The van der Waals surface area contributed by atoms with Crippen LogP contribution in [0, 0.1) is 35.3 Å². The lowest BCUT2D eigenvalue weighted by Crippen LogP contribution is -2.34. The lowest BCUT2D eigenvalue weighted by Gasteiger charge is -2.25. The van der Waals surface area contributed by atoms with Gasteiger partial charge in [0, 0.05) is 24.2 Å². The summed E-state index contributed by atoms with van der Waals surface area (Å²) in [6.07, 6.45) is 7.07. The summed E-state index contributed by atoms with van der Waals surface area (Å²) in [5, 5.41) is 0. The summed E-state index contributed by atoms with van der Waals surface area (Å²) in [7, 11) is 0. The van der Waals surface area contributed by atoms with Gasteiger partial charge in [-0.3, -0.25) is 19.6 Å². The summed E-state index contributed by atoms with van der Waals surface area (Å²) >= 11 is 0. The van der Waals surface area contributed by atoms with Crippen LogP contribution in [0.1, 0.15) is 27.4 Å². The Morgan fingerprint density at radius 3 is 1.68 bits per heavy atom. The maximum Gasteiger partial charge on any atom is 0.188 e. The van der Waals surface area contributed by atoms with E-state index in [1.165, 1.54) is 36.7 Å². The van der Waals surface area contributed by atoms with Gasteiger partial charge in [0.15, 0.2) is 23.2 Å². The van der Waals surface area contributed by atoms with Crippen LogP contribution in [0.25, 0.3) is 0 Å². The number of Topliss-reactive ketones (excluding diaryl/α,β-unsaturated/α-hetero) is 2. The molecule has 4 atom stereocenters. The Morgan fingerprint density at radius 2 is 1.28 bits per heavy atom. The highest BCUT2D eigenvalue weighted by molar-refractivity contribution is 6.04. The van der Waals surface area contributed by atoms with E-state index >= 15 is 0 Å². The van der Waals surface area contributed by atoms with E-state index in [2.05, 4.69) is 9.97 Å². The Kier molecular flexibility index (Phi) is 3.75. The van der Waals surface area contributed by atoms with Crippen molar-refractivity contribution >= 4 is 11.6 Å². The summed E-state index contributed by atoms with van der Waals surface area (Å²) in [4.78, 5) is 33.5. The van der Waals surface area contributed by atoms with Crippen molar-refractivity contribution in [3.8, 4) is 0 Å². The van der Waals surface area contributed by atoms with Crippen molar-refractivity contribution in [1.82, 2.24) is 9.97 Å². The van der Waals surface area contributed by atoms with E-state index in [0.717, 1.165) is 0 Å². The van der Waals surface area contributed by atoms with Crippen LogP contribution in [0.15, 0.2) is 48.8 Å². The quantitative estimate of drug-likeness (QED) is 0.633. The number of halogens is 2. The molecule has 2 aromatic rings. The number of fused-ring (bicyclic) bond motifs is 2. The standard InChI is InChI=1S/C19H14F2N2O2/c20-12-3-1-7-22-16(12)18(24)14-10-5-6-11(9-10)15(14)19(25)17-13(21)4-2-8-23-17/h1-8,10-11,14-15H,9H2. The van der Waals surface area contributed by atoms with Gasteiger partial charge < -0.3 is 0 Å². The third-order valence-corrected chi connectivity index (χ3v) is 5.05. The fraction of sp³-hybridized carbons (Fsp3) is 0.263. The van der Waals surface area contributed by atoms with Crippen LogP contribution < -0.4 is 0 Å². The fourth-order valence-corrected chi connectivity index (χ4v) is 3.99. The Balaban J connectivity index is 1.73. The third-order valence-electron chi connectivity index (χ3n) is 5.05. The first-order chi connectivity index (χ1) is 12.1.